The van der Waals surface area contributed by atoms with Crippen molar-refractivity contribution in [2.45, 2.75) is 33.1 Å². The molecule has 0 heterocycles. The van der Waals surface area contributed by atoms with Gasteiger partial charge in [0.1, 0.15) is 0 Å². The summed E-state index contributed by atoms with van der Waals surface area (Å²) in [5.74, 6) is 1.65. The zero-order valence-corrected chi connectivity index (χ0v) is 11.9. The summed E-state index contributed by atoms with van der Waals surface area (Å²) in [6, 6.07) is 7.86. The van der Waals surface area contributed by atoms with E-state index in [0.717, 1.165) is 29.6 Å². The summed E-state index contributed by atoms with van der Waals surface area (Å²) in [4.78, 5) is 11.8. The molecule has 2 unspecified atom stereocenters. The lowest BCUT2D eigenvalue weighted by molar-refractivity contribution is -0.115. The first-order valence-corrected chi connectivity index (χ1v) is 7.21. The highest BCUT2D eigenvalue weighted by Gasteiger charge is 2.20. The molecule has 3 heteroatoms. The molecule has 1 aromatic rings. The Labute approximate surface area is 115 Å². The first-order valence-electron chi connectivity index (χ1n) is 7.21. The molecule has 3 nitrogen and oxygen atoms in total. The van der Waals surface area contributed by atoms with Crippen LogP contribution in [0.15, 0.2) is 24.3 Å². The van der Waals surface area contributed by atoms with Crippen LogP contribution in [0, 0.1) is 18.8 Å². The van der Waals surface area contributed by atoms with Gasteiger partial charge in [0, 0.05) is 5.69 Å². The van der Waals surface area contributed by atoms with Gasteiger partial charge in [-0.2, -0.15) is 0 Å². The van der Waals surface area contributed by atoms with Crippen LogP contribution in [0.5, 0.6) is 0 Å². The number of rotatable bonds is 5. The van der Waals surface area contributed by atoms with Gasteiger partial charge in [-0.1, -0.05) is 31.5 Å². The number of para-hydroxylation sites is 1. The van der Waals surface area contributed by atoms with Gasteiger partial charge < -0.3 is 10.6 Å². The molecule has 0 saturated heterocycles. The molecule has 0 aliphatic heterocycles. The van der Waals surface area contributed by atoms with E-state index in [1.165, 1.54) is 19.3 Å². The van der Waals surface area contributed by atoms with Gasteiger partial charge in [-0.3, -0.25) is 4.79 Å². The van der Waals surface area contributed by atoms with E-state index in [1.54, 1.807) is 0 Å². The predicted molar refractivity (Wildman–Crippen MR) is 79.2 cm³/mol. The van der Waals surface area contributed by atoms with Gasteiger partial charge >= 0.3 is 0 Å². The second-order valence-electron chi connectivity index (χ2n) is 5.78. The number of aryl methyl sites for hydroxylation is 1. The molecule has 0 spiro atoms. The molecule has 2 atom stereocenters. The minimum absolute atomic E-state index is 0.0420. The summed E-state index contributed by atoms with van der Waals surface area (Å²) in [6.07, 6.45) is 3.93. The fourth-order valence-electron chi connectivity index (χ4n) is 2.81. The Morgan fingerprint density at radius 1 is 1.32 bits per heavy atom. The number of hydrogen-bond donors (Lipinski definition) is 2. The monoisotopic (exact) mass is 260 g/mol. The molecule has 2 N–H and O–H groups in total. The van der Waals surface area contributed by atoms with Crippen molar-refractivity contribution in [1.29, 1.82) is 0 Å². The van der Waals surface area contributed by atoms with Gasteiger partial charge in [-0.05, 0) is 49.8 Å². The number of carbonyl (C=O) groups excluding carboxylic acids is 1. The largest absolute Gasteiger partial charge is 0.325 e. The molecule has 1 amide bonds. The molecule has 1 fully saturated rings. The van der Waals surface area contributed by atoms with Crippen molar-refractivity contribution >= 4 is 11.6 Å². The number of nitrogens with one attached hydrogen (secondary N) is 2. The van der Waals surface area contributed by atoms with Gasteiger partial charge in [0.05, 0.1) is 6.54 Å². The SMILES string of the molecule is Cc1ccccc1NC(=O)CNCC1CCC(C)C1. The summed E-state index contributed by atoms with van der Waals surface area (Å²) < 4.78 is 0. The third-order valence-corrected chi connectivity index (χ3v) is 3.94. The van der Waals surface area contributed by atoms with Crippen LogP contribution in [0.4, 0.5) is 5.69 Å². The summed E-state index contributed by atoms with van der Waals surface area (Å²) in [5, 5.41) is 6.22. The molecule has 19 heavy (non-hydrogen) atoms. The first kappa shape index (κ1) is 14.1. The van der Waals surface area contributed by atoms with Gasteiger partial charge in [-0.25, -0.2) is 0 Å². The van der Waals surface area contributed by atoms with E-state index in [-0.39, 0.29) is 5.91 Å². The van der Waals surface area contributed by atoms with Crippen LogP contribution in [0.2, 0.25) is 0 Å². The zero-order chi connectivity index (χ0) is 13.7. The molecule has 1 saturated carbocycles. The minimum Gasteiger partial charge on any atom is -0.325 e. The lowest BCUT2D eigenvalue weighted by atomic mass is 10.1. The third-order valence-electron chi connectivity index (χ3n) is 3.94. The molecule has 104 valence electrons. The van der Waals surface area contributed by atoms with Gasteiger partial charge in [0.15, 0.2) is 0 Å². The maximum atomic E-state index is 11.8. The van der Waals surface area contributed by atoms with Crippen molar-refractivity contribution in [2.24, 2.45) is 11.8 Å². The Morgan fingerprint density at radius 3 is 2.79 bits per heavy atom. The zero-order valence-electron chi connectivity index (χ0n) is 11.9. The molecule has 2 rings (SSSR count). The van der Waals surface area contributed by atoms with E-state index in [1.807, 2.05) is 31.2 Å². The summed E-state index contributed by atoms with van der Waals surface area (Å²) in [6.45, 7) is 5.68. The van der Waals surface area contributed by atoms with Gasteiger partial charge in [-0.15, -0.1) is 0 Å². The Kier molecular flexibility index (Phi) is 4.97. The number of benzene rings is 1. The molecule has 0 aromatic heterocycles. The molecule has 0 bridgehead atoms. The average Bonchev–Trinajstić information content (AvgIpc) is 2.78. The number of anilines is 1. The van der Waals surface area contributed by atoms with Crippen molar-refractivity contribution < 1.29 is 4.79 Å². The Balaban J connectivity index is 1.69. The quantitative estimate of drug-likeness (QED) is 0.854. The van der Waals surface area contributed by atoms with Crippen LogP contribution in [0.1, 0.15) is 31.7 Å². The van der Waals surface area contributed by atoms with E-state index in [9.17, 15) is 4.79 Å². The van der Waals surface area contributed by atoms with E-state index in [4.69, 9.17) is 0 Å². The number of hydrogen-bond acceptors (Lipinski definition) is 2. The summed E-state index contributed by atoms with van der Waals surface area (Å²) >= 11 is 0. The molecule has 1 aromatic carbocycles. The van der Waals surface area contributed by atoms with Crippen LogP contribution >= 0.6 is 0 Å². The van der Waals surface area contributed by atoms with Crippen molar-refractivity contribution in [3.63, 3.8) is 0 Å². The normalized spacial score (nSPS) is 22.4. The minimum atomic E-state index is 0.0420. The Bertz CT molecular complexity index is 431. The summed E-state index contributed by atoms with van der Waals surface area (Å²) in [7, 11) is 0. The molecular formula is C16H24N2O. The van der Waals surface area contributed by atoms with Crippen molar-refractivity contribution in [2.75, 3.05) is 18.4 Å². The summed E-state index contributed by atoms with van der Waals surface area (Å²) in [5.41, 5.74) is 2.00. The first-order chi connectivity index (χ1) is 9.15. The highest BCUT2D eigenvalue weighted by molar-refractivity contribution is 5.92. The number of amides is 1. The van der Waals surface area contributed by atoms with Crippen molar-refractivity contribution in [3.8, 4) is 0 Å². The van der Waals surface area contributed by atoms with Gasteiger partial charge in [0.25, 0.3) is 0 Å². The fraction of sp³-hybridized carbons (Fsp3) is 0.562. The maximum Gasteiger partial charge on any atom is 0.238 e. The van der Waals surface area contributed by atoms with E-state index < -0.39 is 0 Å². The van der Waals surface area contributed by atoms with Crippen LogP contribution in [0.3, 0.4) is 0 Å². The second kappa shape index (κ2) is 6.71. The van der Waals surface area contributed by atoms with E-state index in [2.05, 4.69) is 17.6 Å². The van der Waals surface area contributed by atoms with E-state index >= 15 is 0 Å². The second-order valence-corrected chi connectivity index (χ2v) is 5.78. The fourth-order valence-corrected chi connectivity index (χ4v) is 2.81. The Morgan fingerprint density at radius 2 is 2.11 bits per heavy atom. The lowest BCUT2D eigenvalue weighted by Gasteiger charge is -2.12. The predicted octanol–water partition coefficient (Wildman–Crippen LogP) is 2.96. The standard InChI is InChI=1S/C16H24N2O/c1-12-7-8-14(9-12)10-17-11-16(19)18-15-6-4-3-5-13(15)2/h3-6,12,14,17H,7-11H2,1-2H3,(H,18,19). The van der Waals surface area contributed by atoms with Crippen LogP contribution in [0.25, 0.3) is 0 Å². The van der Waals surface area contributed by atoms with Crippen LogP contribution in [-0.2, 0) is 4.79 Å². The smallest absolute Gasteiger partial charge is 0.238 e. The lowest BCUT2D eigenvalue weighted by Crippen LogP contribution is -2.31. The highest BCUT2D eigenvalue weighted by Crippen LogP contribution is 2.29. The maximum absolute atomic E-state index is 11.8. The highest BCUT2D eigenvalue weighted by atomic mass is 16.1. The van der Waals surface area contributed by atoms with Crippen molar-refractivity contribution in [1.82, 2.24) is 5.32 Å². The average molecular weight is 260 g/mol. The molecule has 0 radical (unpaired) electrons. The van der Waals surface area contributed by atoms with Gasteiger partial charge in [0.2, 0.25) is 5.91 Å². The van der Waals surface area contributed by atoms with E-state index in [0.29, 0.717) is 6.54 Å². The number of carbonyl (C=O) groups is 1. The molecule has 1 aliphatic rings. The third kappa shape index (κ3) is 4.35. The molecule has 1 aliphatic carbocycles. The van der Waals surface area contributed by atoms with Crippen LogP contribution in [-0.4, -0.2) is 19.0 Å². The Hall–Kier alpha value is -1.35. The van der Waals surface area contributed by atoms with Crippen LogP contribution < -0.4 is 10.6 Å². The molecular weight excluding hydrogens is 236 g/mol. The van der Waals surface area contributed by atoms with Crippen molar-refractivity contribution in [3.05, 3.63) is 29.8 Å². The topological polar surface area (TPSA) is 41.1 Å².